The van der Waals surface area contributed by atoms with Crippen LogP contribution in [0.1, 0.15) is 0 Å². The van der Waals surface area contributed by atoms with E-state index in [1.807, 2.05) is 43.3 Å². The minimum Gasteiger partial charge on any atom is -0.363 e. The fraction of sp³-hybridized carbons (Fsp3) is 0.273. The summed E-state index contributed by atoms with van der Waals surface area (Å²) in [6.45, 7) is 0. The van der Waals surface area contributed by atoms with Crippen LogP contribution in [0, 0.1) is 5.92 Å². The fourth-order valence-electron chi connectivity index (χ4n) is 1.49. The van der Waals surface area contributed by atoms with Crippen molar-refractivity contribution in [3.8, 4) is 0 Å². The van der Waals surface area contributed by atoms with Gasteiger partial charge in [-0.15, -0.1) is 0 Å². The monoisotopic (exact) mass is 188 g/mol. The van der Waals surface area contributed by atoms with Crippen LogP contribution in [0.15, 0.2) is 41.2 Å². The number of aliphatic imine (C=N–C) groups is 1. The Morgan fingerprint density at radius 3 is 2.86 bits per heavy atom. The molecular weight excluding hydrogens is 176 g/mol. The van der Waals surface area contributed by atoms with Crippen molar-refractivity contribution in [2.75, 3.05) is 14.1 Å². The van der Waals surface area contributed by atoms with Crippen LogP contribution in [0.5, 0.6) is 0 Å². The molecule has 1 unspecified atom stereocenters. The molecule has 1 aliphatic heterocycles. The number of fused-ring (bicyclic) bond motifs is 1. The number of carbonyl (C=O) groups excluding carboxylic acids is 1. The summed E-state index contributed by atoms with van der Waals surface area (Å²) in [6.07, 6.45) is 9.15. The number of rotatable bonds is 1. The molecule has 14 heavy (non-hydrogen) atoms. The topological polar surface area (TPSA) is 32.7 Å². The third kappa shape index (κ3) is 1.41. The third-order valence-corrected chi connectivity index (χ3v) is 2.28. The van der Waals surface area contributed by atoms with Gasteiger partial charge >= 0.3 is 0 Å². The first-order chi connectivity index (χ1) is 6.68. The second-order valence-electron chi connectivity index (χ2n) is 3.56. The minimum atomic E-state index is -0.163. The van der Waals surface area contributed by atoms with E-state index in [0.717, 1.165) is 11.5 Å². The van der Waals surface area contributed by atoms with Crippen LogP contribution in [0.4, 0.5) is 0 Å². The van der Waals surface area contributed by atoms with E-state index in [2.05, 4.69) is 4.99 Å². The van der Waals surface area contributed by atoms with Crippen molar-refractivity contribution in [1.29, 1.82) is 0 Å². The normalized spacial score (nSPS) is 24.1. The molecule has 0 radical (unpaired) electrons. The van der Waals surface area contributed by atoms with Crippen LogP contribution in [0.25, 0.3) is 0 Å². The molecule has 0 aromatic rings. The van der Waals surface area contributed by atoms with Gasteiger partial charge in [-0.25, -0.2) is 4.99 Å². The molecule has 1 aliphatic carbocycles. The van der Waals surface area contributed by atoms with Crippen molar-refractivity contribution in [2.24, 2.45) is 10.9 Å². The predicted molar refractivity (Wildman–Crippen MR) is 56.0 cm³/mol. The SMILES string of the molecule is CN(C)C1=CC(=O)C2C=CC=CC2=N1. The van der Waals surface area contributed by atoms with Crippen molar-refractivity contribution in [1.82, 2.24) is 4.90 Å². The molecule has 0 saturated heterocycles. The quantitative estimate of drug-likeness (QED) is 0.618. The van der Waals surface area contributed by atoms with Crippen LogP contribution >= 0.6 is 0 Å². The zero-order valence-electron chi connectivity index (χ0n) is 8.27. The van der Waals surface area contributed by atoms with Gasteiger partial charge in [0.2, 0.25) is 0 Å². The number of carbonyl (C=O) groups is 1. The second-order valence-corrected chi connectivity index (χ2v) is 3.56. The van der Waals surface area contributed by atoms with Gasteiger partial charge in [0.1, 0.15) is 5.82 Å². The molecule has 0 saturated carbocycles. The molecule has 0 N–H and O–H groups in total. The molecule has 0 fully saturated rings. The van der Waals surface area contributed by atoms with Crippen LogP contribution in [-0.2, 0) is 4.79 Å². The van der Waals surface area contributed by atoms with E-state index in [1.54, 1.807) is 6.08 Å². The summed E-state index contributed by atoms with van der Waals surface area (Å²) in [5.41, 5.74) is 0.837. The molecule has 1 atom stereocenters. The molecule has 2 aliphatic rings. The van der Waals surface area contributed by atoms with Gasteiger partial charge in [-0.2, -0.15) is 0 Å². The van der Waals surface area contributed by atoms with Gasteiger partial charge in [-0.3, -0.25) is 4.79 Å². The summed E-state index contributed by atoms with van der Waals surface area (Å²) >= 11 is 0. The van der Waals surface area contributed by atoms with E-state index in [9.17, 15) is 4.79 Å². The Morgan fingerprint density at radius 2 is 2.14 bits per heavy atom. The van der Waals surface area contributed by atoms with Gasteiger partial charge in [-0.05, 0) is 6.08 Å². The maximum Gasteiger partial charge on any atom is 0.172 e. The first-order valence-electron chi connectivity index (χ1n) is 4.55. The van der Waals surface area contributed by atoms with E-state index < -0.39 is 0 Å². The lowest BCUT2D eigenvalue weighted by molar-refractivity contribution is -0.115. The maximum atomic E-state index is 11.7. The molecule has 0 amide bonds. The summed E-state index contributed by atoms with van der Waals surface area (Å²) in [5, 5.41) is 0. The van der Waals surface area contributed by atoms with Gasteiger partial charge in [-0.1, -0.05) is 18.2 Å². The summed E-state index contributed by atoms with van der Waals surface area (Å²) in [7, 11) is 3.76. The number of allylic oxidation sites excluding steroid dienone is 5. The standard InChI is InChI=1S/C11H12N2O/c1-13(2)11-7-10(14)8-5-3-4-6-9(8)12-11/h3-8H,1-2H3. The van der Waals surface area contributed by atoms with E-state index in [-0.39, 0.29) is 11.7 Å². The minimum absolute atomic E-state index is 0.110. The highest BCUT2D eigenvalue weighted by atomic mass is 16.1. The molecule has 0 aromatic heterocycles. The van der Waals surface area contributed by atoms with E-state index in [1.165, 1.54) is 0 Å². The number of ketones is 1. The smallest absolute Gasteiger partial charge is 0.172 e. The largest absolute Gasteiger partial charge is 0.363 e. The molecule has 1 heterocycles. The van der Waals surface area contributed by atoms with Crippen LogP contribution in [-0.4, -0.2) is 30.5 Å². The molecule has 3 heteroatoms. The second kappa shape index (κ2) is 3.25. The molecule has 2 rings (SSSR count). The summed E-state index contributed by atoms with van der Waals surface area (Å²) in [6, 6.07) is 0. The zero-order chi connectivity index (χ0) is 10.1. The van der Waals surface area contributed by atoms with Crippen molar-refractivity contribution in [3.05, 3.63) is 36.2 Å². The predicted octanol–water partition coefficient (Wildman–Crippen LogP) is 1.16. The lowest BCUT2D eigenvalue weighted by Gasteiger charge is -2.22. The Bertz CT molecular complexity index is 386. The Labute approximate surface area is 83.1 Å². The van der Waals surface area contributed by atoms with Crippen molar-refractivity contribution < 1.29 is 4.79 Å². The summed E-state index contributed by atoms with van der Waals surface area (Å²) in [5.74, 6) is 0.671. The number of nitrogens with zero attached hydrogens (tertiary/aromatic N) is 2. The lowest BCUT2D eigenvalue weighted by atomic mass is 9.92. The van der Waals surface area contributed by atoms with E-state index >= 15 is 0 Å². The zero-order valence-corrected chi connectivity index (χ0v) is 8.27. The first-order valence-corrected chi connectivity index (χ1v) is 4.55. The Balaban J connectivity index is 2.38. The fourth-order valence-corrected chi connectivity index (χ4v) is 1.49. The van der Waals surface area contributed by atoms with Gasteiger partial charge in [0.25, 0.3) is 0 Å². The van der Waals surface area contributed by atoms with Crippen LogP contribution < -0.4 is 0 Å². The van der Waals surface area contributed by atoms with Crippen molar-refractivity contribution in [2.45, 2.75) is 0 Å². The summed E-state index contributed by atoms with van der Waals surface area (Å²) < 4.78 is 0. The molecular formula is C11H12N2O. The highest BCUT2D eigenvalue weighted by molar-refractivity contribution is 6.18. The number of hydrogen-bond donors (Lipinski definition) is 0. The van der Waals surface area contributed by atoms with Crippen LogP contribution in [0.2, 0.25) is 0 Å². The van der Waals surface area contributed by atoms with Gasteiger partial charge in [0.05, 0.1) is 11.6 Å². The van der Waals surface area contributed by atoms with Crippen LogP contribution in [0.3, 0.4) is 0 Å². The van der Waals surface area contributed by atoms with Crippen molar-refractivity contribution in [3.63, 3.8) is 0 Å². The lowest BCUT2D eigenvalue weighted by Crippen LogP contribution is -2.27. The number of hydrogen-bond acceptors (Lipinski definition) is 3. The van der Waals surface area contributed by atoms with E-state index in [0.29, 0.717) is 0 Å². The van der Waals surface area contributed by atoms with Gasteiger partial charge in [0, 0.05) is 20.2 Å². The van der Waals surface area contributed by atoms with Crippen molar-refractivity contribution >= 4 is 11.5 Å². The average Bonchev–Trinajstić information content (AvgIpc) is 2.17. The van der Waals surface area contributed by atoms with Gasteiger partial charge < -0.3 is 4.90 Å². The molecule has 0 spiro atoms. The molecule has 3 nitrogen and oxygen atoms in total. The average molecular weight is 188 g/mol. The van der Waals surface area contributed by atoms with Gasteiger partial charge in [0.15, 0.2) is 5.78 Å². The maximum absolute atomic E-state index is 11.7. The molecule has 0 bridgehead atoms. The Kier molecular flexibility index (Phi) is 2.08. The first kappa shape index (κ1) is 8.94. The molecule has 72 valence electrons. The highest BCUT2D eigenvalue weighted by Crippen LogP contribution is 2.19. The Morgan fingerprint density at radius 1 is 1.36 bits per heavy atom. The highest BCUT2D eigenvalue weighted by Gasteiger charge is 2.24. The Hall–Kier alpha value is -1.64. The molecule has 0 aromatic carbocycles. The third-order valence-electron chi connectivity index (χ3n) is 2.28. The van der Waals surface area contributed by atoms with E-state index in [4.69, 9.17) is 0 Å². The summed E-state index contributed by atoms with van der Waals surface area (Å²) in [4.78, 5) is 17.9.